The van der Waals surface area contributed by atoms with Crippen molar-refractivity contribution in [3.8, 4) is 0 Å². The fourth-order valence-corrected chi connectivity index (χ4v) is 3.70. The number of imidazole rings is 1. The van der Waals surface area contributed by atoms with Crippen LogP contribution in [0, 0.1) is 6.92 Å². The van der Waals surface area contributed by atoms with E-state index < -0.39 is 0 Å². The topological polar surface area (TPSA) is 61.4 Å². The van der Waals surface area contributed by atoms with Crippen LogP contribution in [0.5, 0.6) is 0 Å². The van der Waals surface area contributed by atoms with Gasteiger partial charge in [-0.05, 0) is 32.6 Å². The quantitative estimate of drug-likeness (QED) is 0.862. The predicted octanol–water partition coefficient (Wildman–Crippen LogP) is 1.22. The molecule has 0 unspecified atom stereocenters. The first-order chi connectivity index (χ1) is 9.14. The molecule has 0 spiro atoms. The molecule has 5 heteroatoms. The molecule has 0 radical (unpaired) electrons. The number of rotatable bonds is 3. The van der Waals surface area contributed by atoms with Crippen molar-refractivity contribution in [1.29, 1.82) is 0 Å². The minimum absolute atomic E-state index is 0.0521. The molecule has 0 amide bonds. The normalized spacial score (nSPS) is 35.5. The number of nitrogens with zero attached hydrogens (tertiary/aromatic N) is 2. The molecule has 2 N–H and O–H groups in total. The van der Waals surface area contributed by atoms with Crippen LogP contribution in [0.15, 0.2) is 6.33 Å². The molecule has 1 aliphatic heterocycles. The van der Waals surface area contributed by atoms with E-state index in [1.54, 1.807) is 6.33 Å². The summed E-state index contributed by atoms with van der Waals surface area (Å²) >= 11 is 0. The first-order valence-corrected chi connectivity index (χ1v) is 7.11. The molecular weight excluding hydrogens is 242 g/mol. The summed E-state index contributed by atoms with van der Waals surface area (Å²) in [7, 11) is 1.81. The molecule has 1 aliphatic carbocycles. The van der Waals surface area contributed by atoms with Crippen molar-refractivity contribution in [2.45, 2.75) is 56.9 Å². The highest BCUT2D eigenvalue weighted by atomic mass is 16.5. The third-order valence-electron chi connectivity index (χ3n) is 4.96. The zero-order valence-corrected chi connectivity index (χ0v) is 11.7. The highest BCUT2D eigenvalue weighted by molar-refractivity contribution is 5.12. The van der Waals surface area contributed by atoms with Crippen molar-refractivity contribution < 1.29 is 9.84 Å². The van der Waals surface area contributed by atoms with Crippen LogP contribution < -0.4 is 0 Å². The molecule has 2 fully saturated rings. The van der Waals surface area contributed by atoms with Crippen LogP contribution in [0.25, 0.3) is 0 Å². The summed E-state index contributed by atoms with van der Waals surface area (Å²) in [6.07, 6.45) is 5.27. The molecule has 3 rings (SSSR count). The number of nitrogens with one attached hydrogen (secondary N) is 1. The Labute approximate surface area is 114 Å². The van der Waals surface area contributed by atoms with Gasteiger partial charge in [0, 0.05) is 31.9 Å². The van der Waals surface area contributed by atoms with Gasteiger partial charge in [-0.3, -0.25) is 4.90 Å². The number of aryl methyl sites for hydroxylation is 1. The third kappa shape index (κ3) is 2.20. The second-order valence-electron chi connectivity index (χ2n) is 5.91. The molecular formula is C14H23N3O2. The van der Waals surface area contributed by atoms with Crippen LogP contribution in [0.4, 0.5) is 0 Å². The largest absolute Gasteiger partial charge is 0.393 e. The maximum Gasteiger partial charge on any atom is 0.0925 e. The summed E-state index contributed by atoms with van der Waals surface area (Å²) in [5, 5.41) is 9.96. The van der Waals surface area contributed by atoms with Gasteiger partial charge in [-0.1, -0.05) is 0 Å². The molecule has 106 valence electrons. The van der Waals surface area contributed by atoms with Gasteiger partial charge in [-0.25, -0.2) is 4.98 Å². The zero-order chi connectivity index (χ0) is 13.5. The van der Waals surface area contributed by atoms with Gasteiger partial charge in [-0.2, -0.15) is 0 Å². The molecule has 1 aromatic rings. The average molecular weight is 265 g/mol. The Balaban J connectivity index is 1.78. The molecule has 19 heavy (non-hydrogen) atoms. The van der Waals surface area contributed by atoms with Crippen LogP contribution >= 0.6 is 0 Å². The maximum atomic E-state index is 9.96. The number of aliphatic hydroxyl groups excluding tert-OH is 1. The second kappa shape index (κ2) is 4.89. The van der Waals surface area contributed by atoms with Crippen molar-refractivity contribution in [2.24, 2.45) is 0 Å². The molecule has 5 nitrogen and oxygen atoms in total. The Morgan fingerprint density at radius 2 is 2.42 bits per heavy atom. The fourth-order valence-electron chi connectivity index (χ4n) is 3.70. The van der Waals surface area contributed by atoms with E-state index in [0.29, 0.717) is 6.04 Å². The molecule has 3 atom stereocenters. The summed E-state index contributed by atoms with van der Waals surface area (Å²) in [4.78, 5) is 9.94. The number of aromatic amines is 1. The number of fused-ring (bicyclic) bond motifs is 1. The van der Waals surface area contributed by atoms with Crippen LogP contribution in [0.1, 0.15) is 37.1 Å². The average Bonchev–Trinajstić information content (AvgIpc) is 2.96. The fraction of sp³-hybridized carbons (Fsp3) is 0.786. The van der Waals surface area contributed by atoms with Gasteiger partial charge in [0.05, 0.1) is 23.7 Å². The van der Waals surface area contributed by atoms with E-state index in [0.717, 1.165) is 50.2 Å². The van der Waals surface area contributed by atoms with E-state index in [1.165, 1.54) is 0 Å². The van der Waals surface area contributed by atoms with E-state index in [9.17, 15) is 5.11 Å². The third-order valence-corrected chi connectivity index (χ3v) is 4.96. The van der Waals surface area contributed by atoms with E-state index in [4.69, 9.17) is 4.74 Å². The SMILES string of the molecule is CO[C@@]12CC[C@@H](O)C[C@@H]1N(Cc1nc[nH]c1C)CC2. The van der Waals surface area contributed by atoms with Crippen molar-refractivity contribution in [3.63, 3.8) is 0 Å². The number of aliphatic hydroxyl groups is 1. The van der Waals surface area contributed by atoms with Crippen molar-refractivity contribution in [1.82, 2.24) is 14.9 Å². The van der Waals surface area contributed by atoms with E-state index in [2.05, 4.69) is 21.8 Å². The van der Waals surface area contributed by atoms with Crippen molar-refractivity contribution in [3.05, 3.63) is 17.7 Å². The number of ether oxygens (including phenoxy) is 1. The Kier molecular flexibility index (Phi) is 3.37. The van der Waals surface area contributed by atoms with Crippen molar-refractivity contribution >= 4 is 0 Å². The monoisotopic (exact) mass is 265 g/mol. The Bertz CT molecular complexity index is 448. The van der Waals surface area contributed by atoms with Crippen LogP contribution in [-0.2, 0) is 11.3 Å². The number of hydrogen-bond acceptors (Lipinski definition) is 4. The molecule has 1 aromatic heterocycles. The molecule has 2 heterocycles. The summed E-state index contributed by atoms with van der Waals surface area (Å²) in [5.74, 6) is 0. The van der Waals surface area contributed by atoms with Crippen molar-refractivity contribution in [2.75, 3.05) is 13.7 Å². The van der Waals surface area contributed by atoms with Gasteiger partial charge in [-0.15, -0.1) is 0 Å². The molecule has 2 aliphatic rings. The summed E-state index contributed by atoms with van der Waals surface area (Å²) < 4.78 is 5.85. The second-order valence-corrected chi connectivity index (χ2v) is 5.91. The lowest BCUT2D eigenvalue weighted by Gasteiger charge is -2.42. The first kappa shape index (κ1) is 13.1. The lowest BCUT2D eigenvalue weighted by molar-refractivity contribution is -0.0880. The molecule has 1 saturated carbocycles. The van der Waals surface area contributed by atoms with Gasteiger partial charge in [0.2, 0.25) is 0 Å². The summed E-state index contributed by atoms with van der Waals surface area (Å²) in [5.41, 5.74) is 2.18. The van der Waals surface area contributed by atoms with Crippen LogP contribution in [-0.4, -0.2) is 51.4 Å². The van der Waals surface area contributed by atoms with Gasteiger partial charge in [0.1, 0.15) is 0 Å². The summed E-state index contributed by atoms with van der Waals surface area (Å²) in [6, 6.07) is 0.317. The van der Waals surface area contributed by atoms with E-state index in [-0.39, 0.29) is 11.7 Å². The minimum Gasteiger partial charge on any atom is -0.393 e. The van der Waals surface area contributed by atoms with Gasteiger partial charge >= 0.3 is 0 Å². The molecule has 1 saturated heterocycles. The minimum atomic E-state index is -0.186. The number of aromatic nitrogens is 2. The molecule has 0 aromatic carbocycles. The van der Waals surface area contributed by atoms with Gasteiger partial charge in [0.15, 0.2) is 0 Å². The Morgan fingerprint density at radius 1 is 1.58 bits per heavy atom. The standard InChI is InChI=1S/C14H23N3O2/c1-10-12(16-9-15-10)8-17-6-5-14(19-2)4-3-11(18)7-13(14)17/h9,11,13,18H,3-8H2,1-2H3,(H,15,16)/t11-,13+,14-/m1/s1. The van der Waals surface area contributed by atoms with Gasteiger partial charge in [0.25, 0.3) is 0 Å². The van der Waals surface area contributed by atoms with E-state index in [1.807, 2.05) is 7.11 Å². The summed E-state index contributed by atoms with van der Waals surface area (Å²) in [6.45, 7) is 3.92. The van der Waals surface area contributed by atoms with Gasteiger partial charge < -0.3 is 14.8 Å². The number of likely N-dealkylation sites (tertiary alicyclic amines) is 1. The van der Waals surface area contributed by atoms with Crippen LogP contribution in [0.2, 0.25) is 0 Å². The smallest absolute Gasteiger partial charge is 0.0925 e. The Morgan fingerprint density at radius 3 is 3.11 bits per heavy atom. The number of methoxy groups -OCH3 is 1. The predicted molar refractivity (Wildman–Crippen MR) is 71.7 cm³/mol. The lowest BCUT2D eigenvalue weighted by atomic mass is 9.79. The number of hydrogen-bond donors (Lipinski definition) is 2. The first-order valence-electron chi connectivity index (χ1n) is 7.11. The highest BCUT2D eigenvalue weighted by Crippen LogP contribution is 2.42. The number of H-pyrrole nitrogens is 1. The Hall–Kier alpha value is -0.910. The lowest BCUT2D eigenvalue weighted by Crippen LogP contribution is -2.51. The molecule has 0 bridgehead atoms. The highest BCUT2D eigenvalue weighted by Gasteiger charge is 2.50. The van der Waals surface area contributed by atoms with Crippen LogP contribution in [0.3, 0.4) is 0 Å². The van der Waals surface area contributed by atoms with E-state index >= 15 is 0 Å². The maximum absolute atomic E-state index is 9.96. The zero-order valence-electron chi connectivity index (χ0n) is 11.7.